The van der Waals surface area contributed by atoms with E-state index in [-0.39, 0.29) is 11.7 Å². The molecule has 0 unspecified atom stereocenters. The lowest BCUT2D eigenvalue weighted by Gasteiger charge is -2.05. The average molecular weight is 355 g/mol. The molecule has 0 spiro atoms. The molecule has 0 heterocycles. The van der Waals surface area contributed by atoms with Crippen molar-refractivity contribution in [2.75, 3.05) is 5.32 Å². The van der Waals surface area contributed by atoms with Crippen molar-refractivity contribution in [3.05, 3.63) is 65.5 Å². The van der Waals surface area contributed by atoms with Crippen molar-refractivity contribution < 1.29 is 19.1 Å². The Bertz CT molecular complexity index is 825. The van der Waals surface area contributed by atoms with E-state index in [1.165, 1.54) is 13.0 Å². The molecule has 2 aromatic rings. The van der Waals surface area contributed by atoms with Crippen LogP contribution in [0, 0.1) is 5.82 Å². The van der Waals surface area contributed by atoms with Crippen LogP contribution in [0.4, 0.5) is 10.1 Å². The molecule has 1 amide bonds. The maximum Gasteiger partial charge on any atom is 0.331 e. The topological polar surface area (TPSA) is 66.4 Å². The normalized spacial score (nSPS) is 13.0. The molecule has 1 aliphatic rings. The van der Waals surface area contributed by atoms with E-state index in [1.54, 1.807) is 42.5 Å². The van der Waals surface area contributed by atoms with E-state index < -0.39 is 5.97 Å². The van der Waals surface area contributed by atoms with Gasteiger partial charge in [-0.25, -0.2) is 9.18 Å². The molecule has 0 atom stereocenters. The van der Waals surface area contributed by atoms with Crippen LogP contribution < -0.4 is 5.32 Å². The van der Waals surface area contributed by atoms with Gasteiger partial charge in [0.05, 0.1) is 0 Å². The standard InChI is InChI=1S/C14H12FNO.C7H10O2/c1-10(17)16-12-8-6-11(7-9-12)13-4-2-3-5-14(13)15;1-5-3-2-4-6(5)7(8)9/h2-9H,1H3,(H,16,17);2-4H2,1H3,(H,8,9). The number of benzene rings is 2. The van der Waals surface area contributed by atoms with Crippen molar-refractivity contribution in [3.8, 4) is 11.1 Å². The molecule has 2 N–H and O–H groups in total. The summed E-state index contributed by atoms with van der Waals surface area (Å²) in [6.45, 7) is 3.35. The summed E-state index contributed by atoms with van der Waals surface area (Å²) in [6, 6.07) is 13.7. The summed E-state index contributed by atoms with van der Waals surface area (Å²) in [4.78, 5) is 21.2. The largest absolute Gasteiger partial charge is 0.478 e. The molecule has 0 saturated carbocycles. The van der Waals surface area contributed by atoms with Crippen LogP contribution in [0.3, 0.4) is 0 Å². The fourth-order valence-electron chi connectivity index (χ4n) is 2.82. The predicted molar refractivity (Wildman–Crippen MR) is 100 cm³/mol. The highest BCUT2D eigenvalue weighted by Crippen LogP contribution is 2.25. The quantitative estimate of drug-likeness (QED) is 0.812. The van der Waals surface area contributed by atoms with Gasteiger partial charge in [0.2, 0.25) is 5.91 Å². The van der Waals surface area contributed by atoms with Gasteiger partial charge in [0.15, 0.2) is 0 Å². The maximum absolute atomic E-state index is 13.5. The Hall–Kier alpha value is -2.95. The lowest BCUT2D eigenvalue weighted by Crippen LogP contribution is -2.05. The number of carbonyl (C=O) groups excluding carboxylic acids is 1. The molecule has 0 radical (unpaired) electrons. The Kier molecular flexibility index (Phi) is 6.67. The summed E-state index contributed by atoms with van der Waals surface area (Å²) in [6.07, 6.45) is 2.76. The average Bonchev–Trinajstić information content (AvgIpc) is 3.03. The van der Waals surface area contributed by atoms with Gasteiger partial charge < -0.3 is 10.4 Å². The van der Waals surface area contributed by atoms with E-state index in [0.29, 0.717) is 16.8 Å². The SMILES string of the molecule is CC(=O)Nc1ccc(-c2ccccc2F)cc1.CC1=C(C(=O)O)CCC1. The number of aliphatic carboxylic acids is 1. The number of rotatable bonds is 3. The van der Waals surface area contributed by atoms with E-state index in [0.717, 1.165) is 30.4 Å². The van der Waals surface area contributed by atoms with Crippen molar-refractivity contribution in [2.24, 2.45) is 0 Å². The number of carbonyl (C=O) groups is 2. The summed E-state index contributed by atoms with van der Waals surface area (Å²) in [5.74, 6) is -1.10. The van der Waals surface area contributed by atoms with Crippen molar-refractivity contribution in [1.82, 2.24) is 0 Å². The van der Waals surface area contributed by atoms with Crippen LogP contribution in [0.15, 0.2) is 59.7 Å². The van der Waals surface area contributed by atoms with Gasteiger partial charge in [0.1, 0.15) is 5.82 Å². The monoisotopic (exact) mass is 355 g/mol. The Labute approximate surface area is 152 Å². The first kappa shape index (κ1) is 19.4. The molecule has 5 heteroatoms. The zero-order chi connectivity index (χ0) is 19.1. The van der Waals surface area contributed by atoms with Gasteiger partial charge in [-0.3, -0.25) is 4.79 Å². The third-order valence-electron chi connectivity index (χ3n) is 4.14. The molecule has 3 rings (SSSR count). The number of amides is 1. The van der Waals surface area contributed by atoms with Crippen molar-refractivity contribution in [1.29, 1.82) is 0 Å². The van der Waals surface area contributed by atoms with Crippen molar-refractivity contribution in [2.45, 2.75) is 33.1 Å². The fourth-order valence-corrected chi connectivity index (χ4v) is 2.82. The first-order valence-electron chi connectivity index (χ1n) is 8.43. The van der Waals surface area contributed by atoms with Crippen LogP contribution in [0.2, 0.25) is 0 Å². The molecule has 0 saturated heterocycles. The van der Waals surface area contributed by atoms with Crippen LogP contribution in [0.5, 0.6) is 0 Å². The zero-order valence-electron chi connectivity index (χ0n) is 14.9. The third kappa shape index (κ3) is 5.28. The first-order chi connectivity index (χ1) is 12.4. The second-order valence-electron chi connectivity index (χ2n) is 6.16. The molecule has 2 aromatic carbocycles. The summed E-state index contributed by atoms with van der Waals surface area (Å²) in [5.41, 5.74) is 3.74. The van der Waals surface area contributed by atoms with Gasteiger partial charge in [-0.2, -0.15) is 0 Å². The number of anilines is 1. The highest BCUT2D eigenvalue weighted by molar-refractivity contribution is 5.89. The minimum absolute atomic E-state index is 0.122. The van der Waals surface area contributed by atoms with Gasteiger partial charge in [-0.15, -0.1) is 0 Å². The number of hydrogen-bond acceptors (Lipinski definition) is 2. The molecular weight excluding hydrogens is 333 g/mol. The van der Waals surface area contributed by atoms with Gasteiger partial charge in [-0.05, 0) is 49.9 Å². The third-order valence-corrected chi connectivity index (χ3v) is 4.14. The van der Waals surface area contributed by atoms with Crippen LogP contribution in [0.1, 0.15) is 33.1 Å². The number of hydrogen-bond donors (Lipinski definition) is 2. The molecule has 26 heavy (non-hydrogen) atoms. The number of halogens is 1. The Morgan fingerprint density at radius 3 is 2.15 bits per heavy atom. The van der Waals surface area contributed by atoms with E-state index in [4.69, 9.17) is 5.11 Å². The Balaban J connectivity index is 0.000000228. The zero-order valence-corrected chi connectivity index (χ0v) is 14.9. The molecular formula is C21H22FNO3. The molecule has 0 aromatic heterocycles. The Morgan fingerprint density at radius 2 is 1.69 bits per heavy atom. The first-order valence-corrected chi connectivity index (χ1v) is 8.43. The van der Waals surface area contributed by atoms with Crippen LogP contribution in [-0.4, -0.2) is 17.0 Å². The fraction of sp³-hybridized carbons (Fsp3) is 0.238. The highest BCUT2D eigenvalue weighted by Gasteiger charge is 2.15. The van der Waals surface area contributed by atoms with Crippen LogP contribution >= 0.6 is 0 Å². The molecule has 136 valence electrons. The second-order valence-corrected chi connectivity index (χ2v) is 6.16. The molecule has 0 bridgehead atoms. The summed E-state index contributed by atoms with van der Waals surface area (Å²) in [5, 5.41) is 11.2. The molecule has 0 aliphatic heterocycles. The minimum Gasteiger partial charge on any atom is -0.478 e. The lowest BCUT2D eigenvalue weighted by atomic mass is 10.0. The maximum atomic E-state index is 13.5. The number of nitrogens with one attached hydrogen (secondary N) is 1. The summed E-state index contributed by atoms with van der Waals surface area (Å²) in [7, 11) is 0. The van der Waals surface area contributed by atoms with Crippen LogP contribution in [0.25, 0.3) is 11.1 Å². The van der Waals surface area contributed by atoms with E-state index in [2.05, 4.69) is 5.32 Å². The van der Waals surface area contributed by atoms with Crippen molar-refractivity contribution in [3.63, 3.8) is 0 Å². The van der Waals surface area contributed by atoms with Crippen LogP contribution in [-0.2, 0) is 9.59 Å². The molecule has 1 aliphatic carbocycles. The van der Waals surface area contributed by atoms with Gasteiger partial charge in [-0.1, -0.05) is 35.9 Å². The minimum atomic E-state index is -0.731. The van der Waals surface area contributed by atoms with E-state index in [1.807, 2.05) is 6.92 Å². The summed E-state index contributed by atoms with van der Waals surface area (Å²) >= 11 is 0. The molecule has 4 nitrogen and oxygen atoms in total. The van der Waals surface area contributed by atoms with E-state index in [9.17, 15) is 14.0 Å². The van der Waals surface area contributed by atoms with Gasteiger partial charge >= 0.3 is 5.97 Å². The number of allylic oxidation sites excluding steroid dienone is 1. The highest BCUT2D eigenvalue weighted by atomic mass is 19.1. The number of carboxylic acids is 1. The van der Waals surface area contributed by atoms with Gasteiger partial charge in [0, 0.05) is 23.7 Å². The lowest BCUT2D eigenvalue weighted by molar-refractivity contribution is -0.132. The summed E-state index contributed by atoms with van der Waals surface area (Å²) < 4.78 is 13.5. The van der Waals surface area contributed by atoms with Gasteiger partial charge in [0.25, 0.3) is 0 Å². The van der Waals surface area contributed by atoms with Crippen molar-refractivity contribution >= 4 is 17.6 Å². The van der Waals surface area contributed by atoms with E-state index >= 15 is 0 Å². The second kappa shape index (κ2) is 8.94. The predicted octanol–water partition coefficient (Wildman–Crippen LogP) is 5.02. The molecule has 0 fully saturated rings. The smallest absolute Gasteiger partial charge is 0.331 e. The number of carboxylic acid groups (broad SMARTS) is 1. The Morgan fingerprint density at radius 1 is 1.04 bits per heavy atom.